The zero-order valence-electron chi connectivity index (χ0n) is 34.8. The predicted molar refractivity (Wildman–Crippen MR) is 240 cm³/mol. The monoisotopic (exact) mass is 736 g/mol. The van der Waals surface area contributed by atoms with E-state index in [1.165, 1.54) is 116 Å². The quantitative estimate of drug-likeness (QED) is 0.0495. The van der Waals surface area contributed by atoms with Crippen LogP contribution in [-0.2, 0) is 9.47 Å². The van der Waals surface area contributed by atoms with E-state index in [2.05, 4.69) is 112 Å². The largest absolute Gasteiger partial charge is 0.455 e. The van der Waals surface area contributed by atoms with Crippen LogP contribution in [0.5, 0.6) is 0 Å². The van der Waals surface area contributed by atoms with Crippen LogP contribution < -0.4 is 0 Å². The van der Waals surface area contributed by atoms with Crippen molar-refractivity contribution in [3.63, 3.8) is 0 Å². The van der Waals surface area contributed by atoms with Gasteiger partial charge in [0.1, 0.15) is 12.0 Å². The molecule has 1 heterocycles. The summed E-state index contributed by atoms with van der Waals surface area (Å²) in [5.41, 5.74) is 0. The van der Waals surface area contributed by atoms with Gasteiger partial charge in [-0.1, -0.05) is 243 Å². The summed E-state index contributed by atoms with van der Waals surface area (Å²) >= 11 is 0. The molecule has 1 rings (SSSR count). The fourth-order valence-corrected chi connectivity index (χ4v) is 5.67. The molecular weight excluding hydrogens is 659 g/mol. The van der Waals surface area contributed by atoms with Crippen molar-refractivity contribution >= 4 is 0 Å². The van der Waals surface area contributed by atoms with Gasteiger partial charge in [-0.3, -0.25) is 0 Å². The normalized spacial score (nSPS) is 16.6. The average molecular weight is 736 g/mol. The van der Waals surface area contributed by atoms with Gasteiger partial charge in [-0.05, 0) is 45.9 Å². The van der Waals surface area contributed by atoms with Crippen LogP contribution in [0.4, 0.5) is 0 Å². The maximum Gasteiger partial charge on any atom is 0.260 e. The molecule has 0 bridgehead atoms. The van der Waals surface area contributed by atoms with Crippen molar-refractivity contribution < 1.29 is 9.47 Å². The second-order valence-corrected chi connectivity index (χ2v) is 14.2. The molecular formula is C51H77NO2. The molecule has 0 saturated heterocycles. The van der Waals surface area contributed by atoms with Gasteiger partial charge in [-0.15, -0.1) is 0 Å². The summed E-state index contributed by atoms with van der Waals surface area (Å²) in [7, 11) is 4.16. The van der Waals surface area contributed by atoms with Gasteiger partial charge in [0.25, 0.3) is 6.29 Å². The summed E-state index contributed by atoms with van der Waals surface area (Å²) in [5.74, 6) is 0.850. The van der Waals surface area contributed by atoms with Crippen molar-refractivity contribution in [3.8, 4) is 0 Å². The zero-order valence-corrected chi connectivity index (χ0v) is 34.8. The molecule has 0 spiro atoms. The van der Waals surface area contributed by atoms with Crippen molar-refractivity contribution in [2.24, 2.45) is 0 Å². The molecule has 54 heavy (non-hydrogen) atoms. The highest BCUT2D eigenvalue weighted by molar-refractivity contribution is 5.21. The van der Waals surface area contributed by atoms with Crippen molar-refractivity contribution in [2.45, 2.75) is 148 Å². The molecule has 3 nitrogen and oxygen atoms in total. The summed E-state index contributed by atoms with van der Waals surface area (Å²) in [6.45, 7) is 4.55. The molecule has 0 N–H and O–H groups in total. The van der Waals surface area contributed by atoms with Crippen LogP contribution in [0, 0.1) is 0 Å². The van der Waals surface area contributed by atoms with Crippen molar-refractivity contribution in [2.75, 3.05) is 14.1 Å². The zero-order chi connectivity index (χ0) is 38.8. The molecule has 2 unspecified atom stereocenters. The Bertz CT molecular complexity index is 1260. The molecule has 0 aromatic carbocycles. The van der Waals surface area contributed by atoms with E-state index in [0.717, 1.165) is 12.2 Å². The number of hydrogen-bond donors (Lipinski definition) is 0. The standard InChI is InChI=1S/C51H77NO2/c1-5-7-9-11-13-15-17-19-21-23-25-27-29-31-33-35-37-39-41-43-45-49(52(3)4)47-50-48-53-51(54-50)46-44-42-40-38-36-34-32-30-28-26-24-22-20-18-16-14-12-10-8-6-2/h23-46,48-49,51H,5-22,47H2,1-4H3/b25-23+,26-24+,29-27+,30-28+,33-31+,34-32+,37-35+,38-36+,41-39+,42-40+,45-43+,46-44+. The van der Waals surface area contributed by atoms with E-state index in [9.17, 15) is 0 Å². The molecule has 1 aliphatic heterocycles. The molecule has 0 radical (unpaired) electrons. The van der Waals surface area contributed by atoms with Crippen molar-refractivity contribution in [3.05, 3.63) is 158 Å². The Morgan fingerprint density at radius 1 is 0.481 bits per heavy atom. The van der Waals surface area contributed by atoms with Gasteiger partial charge in [0.05, 0.1) is 0 Å². The first-order valence-electron chi connectivity index (χ1n) is 21.3. The van der Waals surface area contributed by atoms with Crippen LogP contribution in [0.25, 0.3) is 0 Å². The second kappa shape index (κ2) is 38.9. The van der Waals surface area contributed by atoms with Gasteiger partial charge in [0, 0.05) is 12.5 Å². The van der Waals surface area contributed by atoms with E-state index in [0.29, 0.717) is 0 Å². The molecule has 0 amide bonds. The third-order valence-corrected chi connectivity index (χ3v) is 9.00. The molecule has 1 aliphatic rings. The van der Waals surface area contributed by atoms with E-state index >= 15 is 0 Å². The first-order chi connectivity index (χ1) is 26.7. The first-order valence-corrected chi connectivity index (χ1v) is 21.3. The van der Waals surface area contributed by atoms with Crippen LogP contribution in [0.3, 0.4) is 0 Å². The fourth-order valence-electron chi connectivity index (χ4n) is 5.67. The lowest BCUT2D eigenvalue weighted by Crippen LogP contribution is -2.26. The summed E-state index contributed by atoms with van der Waals surface area (Å²) in [6.07, 6.45) is 76.2. The molecule has 0 aliphatic carbocycles. The number of allylic oxidation sites excluding steroid dienone is 22. The highest BCUT2D eigenvalue weighted by Gasteiger charge is 2.20. The van der Waals surface area contributed by atoms with Crippen LogP contribution in [0.1, 0.15) is 136 Å². The molecule has 2 atom stereocenters. The number of likely N-dealkylation sites (N-methyl/N-ethyl adjacent to an activating group) is 1. The third-order valence-electron chi connectivity index (χ3n) is 9.00. The van der Waals surface area contributed by atoms with Crippen LogP contribution >= 0.6 is 0 Å². The van der Waals surface area contributed by atoms with Crippen molar-refractivity contribution in [1.29, 1.82) is 0 Å². The van der Waals surface area contributed by atoms with E-state index in [1.54, 1.807) is 6.26 Å². The Balaban J connectivity index is 2.19. The average Bonchev–Trinajstić information content (AvgIpc) is 3.62. The minimum Gasteiger partial charge on any atom is -0.455 e. The number of hydrogen-bond acceptors (Lipinski definition) is 3. The molecule has 0 aromatic rings. The lowest BCUT2D eigenvalue weighted by atomic mass is 10.1. The Hall–Kier alpha value is -3.82. The topological polar surface area (TPSA) is 21.7 Å². The number of unbranched alkanes of at least 4 members (excludes halogenated alkanes) is 16. The minimum absolute atomic E-state index is 0.202. The summed E-state index contributed by atoms with van der Waals surface area (Å²) < 4.78 is 11.7. The lowest BCUT2D eigenvalue weighted by molar-refractivity contribution is 0.00569. The smallest absolute Gasteiger partial charge is 0.260 e. The predicted octanol–water partition coefficient (Wildman–Crippen LogP) is 15.3. The minimum atomic E-state index is -0.391. The van der Waals surface area contributed by atoms with E-state index < -0.39 is 6.29 Å². The lowest BCUT2D eigenvalue weighted by Gasteiger charge is -2.20. The maximum atomic E-state index is 6.00. The Kier molecular flexibility index (Phi) is 34.7. The number of ether oxygens (including phenoxy) is 2. The van der Waals surface area contributed by atoms with Crippen LogP contribution in [0.15, 0.2) is 158 Å². The van der Waals surface area contributed by atoms with E-state index in [-0.39, 0.29) is 6.04 Å². The molecule has 0 saturated carbocycles. The van der Waals surface area contributed by atoms with Gasteiger partial charge >= 0.3 is 0 Å². The van der Waals surface area contributed by atoms with Gasteiger partial charge < -0.3 is 14.4 Å². The summed E-state index contributed by atoms with van der Waals surface area (Å²) in [5, 5.41) is 0. The van der Waals surface area contributed by atoms with Gasteiger partial charge in [-0.2, -0.15) is 0 Å². The SMILES string of the molecule is CCCCCCCCCC/C=C/C=C/C=C/C=C/C=C/C=C/C1OC=C(CC(/C=C/C=C/C=C/C=C/C=C/C=C/CCCCCCCCCC)N(C)C)O1. The number of rotatable bonds is 33. The first kappa shape index (κ1) is 48.2. The van der Waals surface area contributed by atoms with Gasteiger partial charge in [0.2, 0.25) is 0 Å². The van der Waals surface area contributed by atoms with Gasteiger partial charge in [0.15, 0.2) is 0 Å². The Labute approximate surface area is 333 Å². The Morgan fingerprint density at radius 2 is 0.852 bits per heavy atom. The van der Waals surface area contributed by atoms with Crippen LogP contribution in [0.2, 0.25) is 0 Å². The summed E-state index contributed by atoms with van der Waals surface area (Å²) in [6, 6.07) is 0.202. The highest BCUT2D eigenvalue weighted by atomic mass is 16.7. The molecule has 3 heteroatoms. The second-order valence-electron chi connectivity index (χ2n) is 14.2. The third kappa shape index (κ3) is 32.8. The van der Waals surface area contributed by atoms with Gasteiger partial charge in [-0.25, -0.2) is 0 Å². The highest BCUT2D eigenvalue weighted by Crippen LogP contribution is 2.21. The molecule has 298 valence electrons. The fraction of sp³-hybridized carbons (Fsp3) is 0.490. The van der Waals surface area contributed by atoms with E-state index in [4.69, 9.17) is 9.47 Å². The van der Waals surface area contributed by atoms with Crippen LogP contribution in [-0.4, -0.2) is 31.3 Å². The molecule has 0 aromatic heterocycles. The maximum absolute atomic E-state index is 6.00. The summed E-state index contributed by atoms with van der Waals surface area (Å²) in [4.78, 5) is 2.18. The number of nitrogens with zero attached hydrogens (tertiary/aromatic N) is 1. The van der Waals surface area contributed by atoms with E-state index in [1.807, 2.05) is 66.8 Å². The van der Waals surface area contributed by atoms with Crippen molar-refractivity contribution in [1.82, 2.24) is 4.90 Å². The molecule has 0 fully saturated rings. The Morgan fingerprint density at radius 3 is 1.28 bits per heavy atom.